The van der Waals surface area contributed by atoms with E-state index >= 15 is 0 Å². The second-order valence-electron chi connectivity index (χ2n) is 4.95. The maximum atomic E-state index is 12.2. The van der Waals surface area contributed by atoms with Crippen LogP contribution in [0.15, 0.2) is 18.2 Å². The van der Waals surface area contributed by atoms with Crippen molar-refractivity contribution in [2.24, 2.45) is 0 Å². The fourth-order valence-corrected chi connectivity index (χ4v) is 2.18. The van der Waals surface area contributed by atoms with Crippen LogP contribution in [0.1, 0.15) is 22.3 Å². The molecule has 1 amide bonds. The van der Waals surface area contributed by atoms with E-state index in [4.69, 9.17) is 15.2 Å². The molecule has 0 bridgehead atoms. The molecule has 19 heavy (non-hydrogen) atoms. The molecule has 0 radical (unpaired) electrons. The van der Waals surface area contributed by atoms with Crippen LogP contribution in [0.2, 0.25) is 0 Å². The zero-order valence-electron chi connectivity index (χ0n) is 11.4. The first-order valence-electron chi connectivity index (χ1n) is 6.33. The number of ether oxygens (including phenoxy) is 2. The SMILES string of the molecule is COC1(CNC(=O)c2cc(N)ccc2C)CCOC1. The Kier molecular flexibility index (Phi) is 4.07. The zero-order chi connectivity index (χ0) is 13.9. The summed E-state index contributed by atoms with van der Waals surface area (Å²) in [6.07, 6.45) is 0.791. The number of carbonyl (C=O) groups is 1. The lowest BCUT2D eigenvalue weighted by atomic mass is 10.0. The van der Waals surface area contributed by atoms with E-state index in [1.807, 2.05) is 13.0 Å². The van der Waals surface area contributed by atoms with Crippen molar-refractivity contribution in [1.29, 1.82) is 0 Å². The highest BCUT2D eigenvalue weighted by atomic mass is 16.5. The second-order valence-corrected chi connectivity index (χ2v) is 4.95. The van der Waals surface area contributed by atoms with Gasteiger partial charge in [-0.05, 0) is 24.6 Å². The molecule has 1 aromatic carbocycles. The number of nitrogens with two attached hydrogens (primary N) is 1. The van der Waals surface area contributed by atoms with Crippen molar-refractivity contribution in [2.75, 3.05) is 32.6 Å². The van der Waals surface area contributed by atoms with Gasteiger partial charge in [-0.15, -0.1) is 0 Å². The number of aryl methyl sites for hydroxylation is 1. The molecule has 1 heterocycles. The lowest BCUT2D eigenvalue weighted by Gasteiger charge is -2.26. The normalized spacial score (nSPS) is 22.4. The van der Waals surface area contributed by atoms with E-state index in [-0.39, 0.29) is 5.91 Å². The Balaban J connectivity index is 2.03. The van der Waals surface area contributed by atoms with Crippen molar-refractivity contribution in [3.63, 3.8) is 0 Å². The summed E-state index contributed by atoms with van der Waals surface area (Å²) in [6, 6.07) is 5.32. The van der Waals surface area contributed by atoms with Crippen molar-refractivity contribution in [1.82, 2.24) is 5.32 Å². The van der Waals surface area contributed by atoms with Crippen LogP contribution >= 0.6 is 0 Å². The summed E-state index contributed by atoms with van der Waals surface area (Å²) < 4.78 is 10.8. The Labute approximate surface area is 113 Å². The van der Waals surface area contributed by atoms with E-state index in [1.165, 1.54) is 0 Å². The minimum absolute atomic E-state index is 0.131. The van der Waals surface area contributed by atoms with Crippen molar-refractivity contribution in [2.45, 2.75) is 18.9 Å². The van der Waals surface area contributed by atoms with E-state index in [9.17, 15) is 4.79 Å². The van der Waals surface area contributed by atoms with E-state index in [0.717, 1.165) is 12.0 Å². The Hall–Kier alpha value is -1.59. The lowest BCUT2D eigenvalue weighted by Crippen LogP contribution is -2.45. The van der Waals surface area contributed by atoms with Gasteiger partial charge >= 0.3 is 0 Å². The maximum Gasteiger partial charge on any atom is 0.251 e. The average Bonchev–Trinajstić information content (AvgIpc) is 2.88. The standard InChI is InChI=1S/C14H20N2O3/c1-10-3-4-11(15)7-12(10)13(17)16-8-14(18-2)5-6-19-9-14/h3-4,7H,5-6,8-9,15H2,1-2H3,(H,16,17). The molecule has 1 unspecified atom stereocenters. The van der Waals surface area contributed by atoms with Gasteiger partial charge in [0.2, 0.25) is 0 Å². The van der Waals surface area contributed by atoms with Gasteiger partial charge in [-0.1, -0.05) is 6.07 Å². The van der Waals surface area contributed by atoms with Crippen LogP contribution < -0.4 is 11.1 Å². The molecule has 1 saturated heterocycles. The van der Waals surface area contributed by atoms with Crippen molar-refractivity contribution in [3.8, 4) is 0 Å². The third-order valence-electron chi connectivity index (χ3n) is 3.58. The third-order valence-corrected chi connectivity index (χ3v) is 3.58. The molecule has 0 saturated carbocycles. The smallest absolute Gasteiger partial charge is 0.251 e. The molecule has 0 aliphatic carbocycles. The van der Waals surface area contributed by atoms with Crippen LogP contribution in [-0.4, -0.2) is 38.4 Å². The van der Waals surface area contributed by atoms with Crippen molar-refractivity contribution >= 4 is 11.6 Å². The molecule has 1 aromatic rings. The van der Waals surface area contributed by atoms with E-state index < -0.39 is 5.60 Å². The minimum atomic E-state index is -0.399. The highest BCUT2D eigenvalue weighted by Gasteiger charge is 2.35. The predicted octanol–water partition coefficient (Wildman–Crippen LogP) is 1.11. The number of carbonyl (C=O) groups excluding carboxylic acids is 1. The summed E-state index contributed by atoms with van der Waals surface area (Å²) in [7, 11) is 1.65. The largest absolute Gasteiger partial charge is 0.399 e. The maximum absolute atomic E-state index is 12.2. The zero-order valence-corrected chi connectivity index (χ0v) is 11.4. The average molecular weight is 264 g/mol. The van der Waals surface area contributed by atoms with E-state index in [1.54, 1.807) is 19.2 Å². The molecular formula is C14H20N2O3. The van der Waals surface area contributed by atoms with Gasteiger partial charge in [0, 0.05) is 37.9 Å². The number of methoxy groups -OCH3 is 1. The van der Waals surface area contributed by atoms with Crippen LogP contribution in [0, 0.1) is 6.92 Å². The van der Waals surface area contributed by atoms with Crippen LogP contribution in [-0.2, 0) is 9.47 Å². The molecule has 2 rings (SSSR count). The summed E-state index contributed by atoms with van der Waals surface area (Å²) in [5.74, 6) is -0.131. The van der Waals surface area contributed by atoms with Gasteiger partial charge in [0.25, 0.3) is 5.91 Å². The summed E-state index contributed by atoms with van der Waals surface area (Å²) in [5.41, 5.74) is 7.40. The van der Waals surface area contributed by atoms with Crippen LogP contribution in [0.4, 0.5) is 5.69 Å². The molecule has 1 aliphatic heterocycles. The highest BCUT2D eigenvalue weighted by molar-refractivity contribution is 5.96. The van der Waals surface area contributed by atoms with Crippen molar-refractivity contribution in [3.05, 3.63) is 29.3 Å². The topological polar surface area (TPSA) is 73.6 Å². The van der Waals surface area contributed by atoms with Crippen LogP contribution in [0.5, 0.6) is 0 Å². The number of rotatable bonds is 4. The molecule has 5 nitrogen and oxygen atoms in total. The summed E-state index contributed by atoms with van der Waals surface area (Å²) in [6.45, 7) is 3.51. The molecule has 3 N–H and O–H groups in total. The number of nitrogen functional groups attached to an aromatic ring is 1. The van der Waals surface area contributed by atoms with Gasteiger partial charge in [-0.3, -0.25) is 4.79 Å². The minimum Gasteiger partial charge on any atom is -0.399 e. The fourth-order valence-electron chi connectivity index (χ4n) is 2.18. The Bertz CT molecular complexity index is 468. The fraction of sp³-hybridized carbons (Fsp3) is 0.500. The lowest BCUT2D eigenvalue weighted by molar-refractivity contribution is -0.0148. The Morgan fingerprint density at radius 3 is 3.00 bits per heavy atom. The van der Waals surface area contributed by atoms with Gasteiger partial charge in [0.1, 0.15) is 5.60 Å². The highest BCUT2D eigenvalue weighted by Crippen LogP contribution is 2.22. The molecule has 0 spiro atoms. The Morgan fingerprint density at radius 2 is 2.37 bits per heavy atom. The molecular weight excluding hydrogens is 244 g/mol. The number of amides is 1. The van der Waals surface area contributed by atoms with Gasteiger partial charge in [0.05, 0.1) is 6.61 Å². The van der Waals surface area contributed by atoms with Crippen LogP contribution in [0.3, 0.4) is 0 Å². The van der Waals surface area contributed by atoms with Gasteiger partial charge in [-0.2, -0.15) is 0 Å². The molecule has 0 aromatic heterocycles. The monoisotopic (exact) mass is 264 g/mol. The van der Waals surface area contributed by atoms with Gasteiger partial charge < -0.3 is 20.5 Å². The molecule has 5 heteroatoms. The number of anilines is 1. The van der Waals surface area contributed by atoms with Gasteiger partial charge in [0.15, 0.2) is 0 Å². The quantitative estimate of drug-likeness (QED) is 0.799. The molecule has 1 aliphatic rings. The summed E-state index contributed by atoms with van der Waals surface area (Å²) in [5, 5.41) is 2.90. The molecule has 1 fully saturated rings. The number of hydrogen-bond donors (Lipinski definition) is 2. The summed E-state index contributed by atoms with van der Waals surface area (Å²) in [4.78, 5) is 12.2. The Morgan fingerprint density at radius 1 is 1.58 bits per heavy atom. The first-order chi connectivity index (χ1) is 9.06. The first-order valence-corrected chi connectivity index (χ1v) is 6.33. The summed E-state index contributed by atoms with van der Waals surface area (Å²) >= 11 is 0. The first kappa shape index (κ1) is 13.8. The number of nitrogens with one attached hydrogen (secondary N) is 1. The van der Waals surface area contributed by atoms with E-state index in [0.29, 0.717) is 31.0 Å². The predicted molar refractivity (Wildman–Crippen MR) is 73.1 cm³/mol. The number of benzene rings is 1. The van der Waals surface area contributed by atoms with Gasteiger partial charge in [-0.25, -0.2) is 0 Å². The number of hydrogen-bond acceptors (Lipinski definition) is 4. The molecule has 104 valence electrons. The third kappa shape index (κ3) is 3.05. The second kappa shape index (κ2) is 5.59. The van der Waals surface area contributed by atoms with E-state index in [2.05, 4.69) is 5.32 Å². The van der Waals surface area contributed by atoms with Crippen LogP contribution in [0.25, 0.3) is 0 Å². The molecule has 1 atom stereocenters. The van der Waals surface area contributed by atoms with Crippen molar-refractivity contribution < 1.29 is 14.3 Å².